The van der Waals surface area contributed by atoms with Crippen LogP contribution in [0, 0.1) is 0 Å². The third kappa shape index (κ3) is 3.36. The Hall–Kier alpha value is -0.740. The number of pyridine rings is 1. The van der Waals surface area contributed by atoms with E-state index in [0.717, 1.165) is 10.2 Å². The number of aromatic nitrogens is 1. The predicted molar refractivity (Wildman–Crippen MR) is 71.0 cm³/mol. The zero-order valence-corrected chi connectivity index (χ0v) is 12.1. The molecule has 0 aromatic carbocycles. The molecule has 94 valence electrons. The molecule has 0 atom stereocenters. The van der Waals surface area contributed by atoms with Crippen LogP contribution in [0.15, 0.2) is 22.8 Å². The Kier molecular flexibility index (Phi) is 5.28. The van der Waals surface area contributed by atoms with Crippen molar-refractivity contribution in [3.8, 4) is 0 Å². The third-order valence-corrected chi connectivity index (χ3v) is 3.64. The first-order valence-electron chi connectivity index (χ1n) is 5.77. The molecule has 0 saturated carbocycles. The zero-order chi connectivity index (χ0) is 12.9. The Balaban J connectivity index is 2.80. The number of hydrogen-bond acceptors (Lipinski definition) is 3. The molecule has 0 N–H and O–H groups in total. The van der Waals surface area contributed by atoms with Crippen LogP contribution in [0.2, 0.25) is 0 Å². The summed E-state index contributed by atoms with van der Waals surface area (Å²) in [4.78, 5) is 16.4. The van der Waals surface area contributed by atoms with Gasteiger partial charge in [-0.25, -0.2) is 0 Å². The van der Waals surface area contributed by atoms with Gasteiger partial charge in [-0.05, 0) is 40.9 Å². The Morgan fingerprint density at radius 2 is 2.06 bits per heavy atom. The van der Waals surface area contributed by atoms with E-state index >= 15 is 0 Å². The number of ketones is 1. The van der Waals surface area contributed by atoms with Gasteiger partial charge in [-0.1, -0.05) is 13.8 Å². The van der Waals surface area contributed by atoms with E-state index in [0.29, 0.717) is 19.3 Å². The van der Waals surface area contributed by atoms with Crippen LogP contribution < -0.4 is 0 Å². The maximum Gasteiger partial charge on any atom is 0.170 e. The van der Waals surface area contributed by atoms with Crippen molar-refractivity contribution in [2.24, 2.45) is 0 Å². The SMILES string of the molecule is CCC(CC)(OC)C(=O)Cc1ccc(Br)cn1. The van der Waals surface area contributed by atoms with Gasteiger partial charge >= 0.3 is 0 Å². The molecule has 0 amide bonds. The fourth-order valence-corrected chi connectivity index (χ4v) is 2.12. The summed E-state index contributed by atoms with van der Waals surface area (Å²) in [6.07, 6.45) is 3.41. The lowest BCUT2D eigenvalue weighted by atomic mass is 9.89. The molecule has 0 spiro atoms. The lowest BCUT2D eigenvalue weighted by Gasteiger charge is -2.28. The second kappa shape index (κ2) is 6.26. The third-order valence-electron chi connectivity index (χ3n) is 3.17. The Morgan fingerprint density at radius 3 is 2.47 bits per heavy atom. The molecule has 0 aliphatic heterocycles. The highest BCUT2D eigenvalue weighted by Crippen LogP contribution is 2.22. The van der Waals surface area contributed by atoms with E-state index < -0.39 is 5.60 Å². The van der Waals surface area contributed by atoms with Gasteiger partial charge < -0.3 is 4.74 Å². The van der Waals surface area contributed by atoms with Crippen LogP contribution in [0.25, 0.3) is 0 Å². The Labute approximate surface area is 111 Å². The lowest BCUT2D eigenvalue weighted by Crippen LogP contribution is -2.40. The molecular weight excluding hydrogens is 282 g/mol. The maximum absolute atomic E-state index is 12.2. The number of carbonyl (C=O) groups is 1. The highest BCUT2D eigenvalue weighted by atomic mass is 79.9. The highest BCUT2D eigenvalue weighted by molar-refractivity contribution is 9.10. The first-order valence-corrected chi connectivity index (χ1v) is 6.56. The molecule has 4 heteroatoms. The number of rotatable bonds is 6. The molecule has 1 rings (SSSR count). The molecule has 17 heavy (non-hydrogen) atoms. The van der Waals surface area contributed by atoms with Crippen LogP contribution in [0.3, 0.4) is 0 Å². The molecule has 0 bridgehead atoms. The maximum atomic E-state index is 12.2. The molecule has 0 radical (unpaired) electrons. The van der Waals surface area contributed by atoms with Crippen LogP contribution in [-0.4, -0.2) is 23.5 Å². The normalized spacial score (nSPS) is 11.5. The van der Waals surface area contributed by atoms with E-state index in [1.54, 1.807) is 13.3 Å². The van der Waals surface area contributed by atoms with E-state index in [-0.39, 0.29) is 5.78 Å². The Bertz CT molecular complexity index is 363. The summed E-state index contributed by atoms with van der Waals surface area (Å²) < 4.78 is 6.32. The van der Waals surface area contributed by atoms with E-state index in [1.165, 1.54) is 0 Å². The van der Waals surface area contributed by atoms with Crippen molar-refractivity contribution in [3.05, 3.63) is 28.5 Å². The predicted octanol–water partition coefficient (Wildman–Crippen LogP) is 3.16. The molecule has 0 saturated heterocycles. The molecule has 0 fully saturated rings. The number of methoxy groups -OCH3 is 1. The molecular formula is C13H18BrNO2. The van der Waals surface area contributed by atoms with Gasteiger partial charge in [-0.2, -0.15) is 0 Å². The van der Waals surface area contributed by atoms with Crippen molar-refractivity contribution in [3.63, 3.8) is 0 Å². The van der Waals surface area contributed by atoms with Crippen molar-refractivity contribution in [1.82, 2.24) is 4.98 Å². The number of carbonyl (C=O) groups excluding carboxylic acids is 1. The number of Topliss-reactive ketones (excluding diaryl/α,β-unsaturated/α-hetero) is 1. The van der Waals surface area contributed by atoms with Crippen molar-refractivity contribution >= 4 is 21.7 Å². The first-order chi connectivity index (χ1) is 8.07. The van der Waals surface area contributed by atoms with Crippen LogP contribution in [0.1, 0.15) is 32.4 Å². The smallest absolute Gasteiger partial charge is 0.170 e. The van der Waals surface area contributed by atoms with Crippen LogP contribution in [0.5, 0.6) is 0 Å². The molecule has 1 aromatic heterocycles. The van der Waals surface area contributed by atoms with Gasteiger partial charge in [0.15, 0.2) is 5.78 Å². The topological polar surface area (TPSA) is 39.2 Å². The average molecular weight is 300 g/mol. The van der Waals surface area contributed by atoms with Gasteiger partial charge in [0.1, 0.15) is 5.60 Å². The summed E-state index contributed by atoms with van der Waals surface area (Å²) in [7, 11) is 1.60. The number of nitrogens with zero attached hydrogens (tertiary/aromatic N) is 1. The fraction of sp³-hybridized carbons (Fsp3) is 0.538. The van der Waals surface area contributed by atoms with Gasteiger partial charge in [0, 0.05) is 23.5 Å². The van der Waals surface area contributed by atoms with Crippen molar-refractivity contribution in [2.45, 2.75) is 38.7 Å². The largest absolute Gasteiger partial charge is 0.370 e. The Morgan fingerprint density at radius 1 is 1.41 bits per heavy atom. The average Bonchev–Trinajstić information content (AvgIpc) is 2.35. The van der Waals surface area contributed by atoms with Gasteiger partial charge in [-0.3, -0.25) is 9.78 Å². The first kappa shape index (κ1) is 14.3. The standard InChI is InChI=1S/C13H18BrNO2/c1-4-13(5-2,17-3)12(16)8-11-7-6-10(14)9-15-11/h6-7,9H,4-5,8H2,1-3H3. The fourth-order valence-electron chi connectivity index (χ4n) is 1.88. The number of ether oxygens (including phenoxy) is 1. The van der Waals surface area contributed by atoms with E-state index in [1.807, 2.05) is 26.0 Å². The van der Waals surface area contributed by atoms with E-state index in [9.17, 15) is 4.79 Å². The summed E-state index contributed by atoms with van der Waals surface area (Å²) in [6.45, 7) is 3.94. The second-order valence-corrected chi connectivity index (χ2v) is 4.89. The van der Waals surface area contributed by atoms with Gasteiger partial charge in [-0.15, -0.1) is 0 Å². The van der Waals surface area contributed by atoms with Gasteiger partial charge in [0.05, 0.1) is 6.42 Å². The quantitative estimate of drug-likeness (QED) is 0.810. The molecule has 0 aliphatic rings. The van der Waals surface area contributed by atoms with Crippen molar-refractivity contribution < 1.29 is 9.53 Å². The van der Waals surface area contributed by atoms with Crippen LogP contribution in [-0.2, 0) is 16.0 Å². The zero-order valence-electron chi connectivity index (χ0n) is 10.5. The van der Waals surface area contributed by atoms with Gasteiger partial charge in [0.25, 0.3) is 0 Å². The summed E-state index contributed by atoms with van der Waals surface area (Å²) in [5.74, 6) is 0.0971. The monoisotopic (exact) mass is 299 g/mol. The van der Waals surface area contributed by atoms with Crippen molar-refractivity contribution in [2.75, 3.05) is 7.11 Å². The van der Waals surface area contributed by atoms with E-state index in [2.05, 4.69) is 20.9 Å². The van der Waals surface area contributed by atoms with E-state index in [4.69, 9.17) is 4.74 Å². The molecule has 0 unspecified atom stereocenters. The summed E-state index contributed by atoms with van der Waals surface area (Å²) in [5, 5.41) is 0. The lowest BCUT2D eigenvalue weighted by molar-refractivity contribution is -0.141. The van der Waals surface area contributed by atoms with Crippen molar-refractivity contribution in [1.29, 1.82) is 0 Å². The second-order valence-electron chi connectivity index (χ2n) is 3.97. The summed E-state index contributed by atoms with van der Waals surface area (Å²) in [6, 6.07) is 3.75. The van der Waals surface area contributed by atoms with Crippen LogP contribution in [0.4, 0.5) is 0 Å². The minimum absolute atomic E-state index is 0.0971. The molecule has 0 aliphatic carbocycles. The number of halogens is 1. The summed E-state index contributed by atoms with van der Waals surface area (Å²) >= 11 is 3.32. The summed E-state index contributed by atoms with van der Waals surface area (Å²) in [5.41, 5.74) is 0.121. The molecule has 3 nitrogen and oxygen atoms in total. The molecule has 1 heterocycles. The van der Waals surface area contributed by atoms with Gasteiger partial charge in [0.2, 0.25) is 0 Å². The number of hydrogen-bond donors (Lipinski definition) is 0. The molecule has 1 aromatic rings. The minimum Gasteiger partial charge on any atom is -0.370 e. The highest BCUT2D eigenvalue weighted by Gasteiger charge is 2.34. The van der Waals surface area contributed by atoms with Crippen LogP contribution >= 0.6 is 15.9 Å². The minimum atomic E-state index is -0.658.